The number of nitrogens with zero attached hydrogens (tertiary/aromatic N) is 6. The fourth-order valence-electron chi connectivity index (χ4n) is 7.79. The van der Waals surface area contributed by atoms with Gasteiger partial charge in [0.25, 0.3) is 15.8 Å². The van der Waals surface area contributed by atoms with E-state index in [9.17, 15) is 27.9 Å². The van der Waals surface area contributed by atoms with Gasteiger partial charge in [-0.3, -0.25) is 19.5 Å². The van der Waals surface area contributed by atoms with Crippen molar-refractivity contribution < 1.29 is 27.3 Å². The van der Waals surface area contributed by atoms with Gasteiger partial charge in [-0.05, 0) is 93.8 Å². The monoisotopic (exact) mass is 782 g/mol. The Morgan fingerprint density at radius 3 is 2.45 bits per heavy atom. The number of aryl methyl sites for hydroxylation is 2. The molecule has 56 heavy (non-hydrogen) atoms. The summed E-state index contributed by atoms with van der Waals surface area (Å²) >= 11 is 0. The lowest BCUT2D eigenvalue weighted by molar-refractivity contribution is -0.438. The molecule has 5 rings (SSSR count). The largest absolute Gasteiger partial charge is 0.356 e. The van der Waals surface area contributed by atoms with Crippen LogP contribution in [0.3, 0.4) is 0 Å². The van der Waals surface area contributed by atoms with E-state index in [1.165, 1.54) is 17.2 Å². The molecule has 0 atom stereocenters. The molecule has 2 heterocycles. The first-order chi connectivity index (χ1) is 26.5. The predicted molar refractivity (Wildman–Crippen MR) is 219 cm³/mol. The lowest BCUT2D eigenvalue weighted by Crippen LogP contribution is -2.28. The summed E-state index contributed by atoms with van der Waals surface area (Å²) in [5.41, 5.74) is 16.0. The molecule has 14 heteroatoms. The molecule has 0 saturated heterocycles. The molecule has 3 aromatic carbocycles. The van der Waals surface area contributed by atoms with Gasteiger partial charge in [0.2, 0.25) is 11.6 Å². The molecule has 13 nitrogen and oxygen atoms in total. The first-order valence-corrected chi connectivity index (χ1v) is 20.5. The summed E-state index contributed by atoms with van der Waals surface area (Å²) in [7, 11) is -4.41. The number of benzene rings is 3. The van der Waals surface area contributed by atoms with Crippen molar-refractivity contribution in [3.63, 3.8) is 0 Å². The Morgan fingerprint density at radius 2 is 1.75 bits per heavy atom. The highest BCUT2D eigenvalue weighted by Crippen LogP contribution is 2.48. The molecule has 2 aliphatic heterocycles. The number of nitro benzene ring substituents is 1. The molecule has 2 aliphatic rings. The molecule has 0 saturated carbocycles. The van der Waals surface area contributed by atoms with Gasteiger partial charge in [0, 0.05) is 84.0 Å². The van der Waals surface area contributed by atoms with Crippen LogP contribution >= 0.6 is 0 Å². The SMILES string of the molecule is Cc1ccc2c(c1)C(C)(C)C(=CC=CC1=[N+](CCCCCC(=O)NCCCN=[N+]=[N-])c3ccc(S(=O)(=O)O)cc3C1(C)C)N2CCCc1ccc([N+](=O)[O-])cc1. The lowest BCUT2D eigenvalue weighted by Gasteiger charge is -2.27. The van der Waals surface area contributed by atoms with Crippen LogP contribution in [-0.4, -0.2) is 60.3 Å². The highest BCUT2D eigenvalue weighted by molar-refractivity contribution is 7.85. The zero-order valence-electron chi connectivity index (χ0n) is 32.9. The third-order valence-corrected chi connectivity index (χ3v) is 11.7. The molecule has 0 aromatic heterocycles. The van der Waals surface area contributed by atoms with E-state index < -0.39 is 15.5 Å². The second-order valence-corrected chi connectivity index (χ2v) is 16.9. The van der Waals surface area contributed by atoms with E-state index in [-0.39, 0.29) is 26.8 Å². The number of non-ortho nitro benzene ring substituents is 1. The maximum atomic E-state index is 12.3. The highest BCUT2D eigenvalue weighted by atomic mass is 32.2. The van der Waals surface area contributed by atoms with Gasteiger partial charge in [0.05, 0.1) is 15.2 Å². The van der Waals surface area contributed by atoms with E-state index in [1.54, 1.807) is 24.3 Å². The summed E-state index contributed by atoms with van der Waals surface area (Å²) in [6, 6.07) is 18.1. The number of hydrogen-bond acceptors (Lipinski definition) is 7. The van der Waals surface area contributed by atoms with Gasteiger partial charge in [-0.1, -0.05) is 54.9 Å². The number of carbonyl (C=O) groups is 1. The number of anilines is 1. The highest BCUT2D eigenvalue weighted by Gasteiger charge is 2.45. The molecule has 296 valence electrons. The van der Waals surface area contributed by atoms with Gasteiger partial charge in [0.1, 0.15) is 6.54 Å². The average Bonchev–Trinajstić information content (AvgIpc) is 3.48. The molecular formula is C42H52N7O6S+. The lowest BCUT2D eigenvalue weighted by atomic mass is 9.81. The van der Waals surface area contributed by atoms with Crippen molar-refractivity contribution in [1.82, 2.24) is 5.32 Å². The molecule has 0 fully saturated rings. The number of carbonyl (C=O) groups excluding carboxylic acids is 1. The first-order valence-electron chi connectivity index (χ1n) is 19.1. The molecular weight excluding hydrogens is 731 g/mol. The summed E-state index contributed by atoms with van der Waals surface area (Å²) in [5.74, 6) is -0.0351. The van der Waals surface area contributed by atoms with Crippen molar-refractivity contribution in [2.24, 2.45) is 5.11 Å². The van der Waals surface area contributed by atoms with Gasteiger partial charge in [-0.15, -0.1) is 0 Å². The number of fused-ring (bicyclic) bond motifs is 2. The van der Waals surface area contributed by atoms with Crippen molar-refractivity contribution in [3.8, 4) is 0 Å². The molecule has 0 bridgehead atoms. The second kappa shape index (κ2) is 17.7. The van der Waals surface area contributed by atoms with Gasteiger partial charge in [-0.2, -0.15) is 13.0 Å². The normalized spacial score (nSPS) is 16.2. The molecule has 0 unspecified atom stereocenters. The number of unbranched alkanes of at least 4 members (excludes halogenated alkanes) is 2. The zero-order valence-corrected chi connectivity index (χ0v) is 33.7. The van der Waals surface area contributed by atoms with Crippen molar-refractivity contribution in [2.45, 2.75) is 95.3 Å². The number of azide groups is 1. The van der Waals surface area contributed by atoms with E-state index >= 15 is 0 Å². The Morgan fingerprint density at radius 1 is 1.00 bits per heavy atom. The Labute approximate surface area is 329 Å². The van der Waals surface area contributed by atoms with Crippen molar-refractivity contribution >= 4 is 38.8 Å². The maximum Gasteiger partial charge on any atom is 0.294 e. The fourth-order valence-corrected chi connectivity index (χ4v) is 8.29. The molecule has 3 aromatic rings. The van der Waals surface area contributed by atoms with Crippen LogP contribution in [0.5, 0.6) is 0 Å². The standard InChI is InChI=1S/C42H51N7O6S/c1-30-16-22-36-34(28-30)41(2,3)38(48(36)27-10-12-31-17-19-32(20-18-31)49(51)52)13-9-14-39-42(4,5)35-29-33(56(53,54)55)21-23-37(35)47(39)26-8-6-7-15-40(50)44-24-11-25-45-46-43/h9,13-14,16-23,28-29H,6-8,10-12,15,24-27H2,1-5H3,(H-,44,50,53,54,55)/p+1. The van der Waals surface area contributed by atoms with E-state index in [4.69, 9.17) is 5.53 Å². The summed E-state index contributed by atoms with van der Waals surface area (Å²) in [5, 5.41) is 17.5. The summed E-state index contributed by atoms with van der Waals surface area (Å²) < 4.78 is 36.4. The number of rotatable bonds is 18. The first kappa shape index (κ1) is 41.9. The van der Waals surface area contributed by atoms with Gasteiger partial charge in [-0.25, -0.2) is 0 Å². The van der Waals surface area contributed by atoms with Crippen LogP contribution in [-0.2, 0) is 32.2 Å². The minimum atomic E-state index is -4.41. The minimum absolute atomic E-state index is 0.0351. The fraction of sp³-hybridized carbons (Fsp3) is 0.429. The van der Waals surface area contributed by atoms with Gasteiger partial charge >= 0.3 is 0 Å². The van der Waals surface area contributed by atoms with Gasteiger partial charge < -0.3 is 10.2 Å². The smallest absolute Gasteiger partial charge is 0.294 e. The number of hydrogen-bond donors (Lipinski definition) is 2. The minimum Gasteiger partial charge on any atom is -0.356 e. The molecule has 0 radical (unpaired) electrons. The molecule has 1 amide bonds. The number of allylic oxidation sites excluding steroid dienone is 4. The van der Waals surface area contributed by atoms with Crippen molar-refractivity contribution in [2.75, 3.05) is 31.1 Å². The Kier molecular flexibility index (Phi) is 13.2. The van der Waals surface area contributed by atoms with Crippen LogP contribution in [0.15, 0.2) is 94.6 Å². The number of amides is 1. The zero-order chi connectivity index (χ0) is 40.7. The van der Waals surface area contributed by atoms with Crippen LogP contribution in [0.25, 0.3) is 10.4 Å². The number of nitro groups is 1. The quantitative estimate of drug-likeness (QED) is 0.0189. The molecule has 0 spiro atoms. The van der Waals surface area contributed by atoms with Crippen LogP contribution in [0.2, 0.25) is 0 Å². The summed E-state index contributed by atoms with van der Waals surface area (Å²) in [6.07, 6.45) is 11.3. The Hall–Kier alpha value is -5.30. The Bertz CT molecular complexity index is 2220. The van der Waals surface area contributed by atoms with Crippen LogP contribution in [0.1, 0.15) is 88.5 Å². The summed E-state index contributed by atoms with van der Waals surface area (Å²) in [6.45, 7) is 12.9. The van der Waals surface area contributed by atoms with Crippen molar-refractivity contribution in [1.29, 1.82) is 0 Å². The summed E-state index contributed by atoms with van der Waals surface area (Å²) in [4.78, 5) is 28.0. The van der Waals surface area contributed by atoms with E-state index in [2.05, 4.69) is 95.9 Å². The van der Waals surface area contributed by atoms with E-state index in [1.807, 2.05) is 12.1 Å². The van der Waals surface area contributed by atoms with E-state index in [0.717, 1.165) is 66.1 Å². The topological polar surface area (TPSA) is 182 Å². The predicted octanol–water partition coefficient (Wildman–Crippen LogP) is 8.77. The Balaban J connectivity index is 1.39. The van der Waals surface area contributed by atoms with Crippen molar-refractivity contribution in [3.05, 3.63) is 127 Å². The third-order valence-electron chi connectivity index (χ3n) is 10.8. The van der Waals surface area contributed by atoms with E-state index in [0.29, 0.717) is 38.9 Å². The number of nitrogens with one attached hydrogen (secondary N) is 1. The van der Waals surface area contributed by atoms with Crippen LogP contribution in [0.4, 0.5) is 17.1 Å². The average molecular weight is 783 g/mol. The molecule has 2 N–H and O–H groups in total. The third kappa shape index (κ3) is 9.55. The maximum absolute atomic E-state index is 12.3. The molecule has 0 aliphatic carbocycles. The van der Waals surface area contributed by atoms with Crippen LogP contribution < -0.4 is 10.2 Å². The van der Waals surface area contributed by atoms with Crippen LogP contribution in [0, 0.1) is 17.0 Å². The van der Waals surface area contributed by atoms with Gasteiger partial charge in [0.15, 0.2) is 5.71 Å². The second-order valence-electron chi connectivity index (χ2n) is 15.5.